The molecule has 7 heteroatoms. The molecule has 0 aliphatic carbocycles. The SMILES string of the molecule is CCNS(=O)(=O)c1ccc(C(=O)OCc2ccccc2F)cc1. The van der Waals surface area contributed by atoms with Crippen LogP contribution in [-0.4, -0.2) is 20.9 Å². The van der Waals surface area contributed by atoms with Gasteiger partial charge in [-0.1, -0.05) is 25.1 Å². The second kappa shape index (κ2) is 7.34. The van der Waals surface area contributed by atoms with Gasteiger partial charge in [-0.3, -0.25) is 0 Å². The number of esters is 1. The number of rotatable bonds is 6. The number of nitrogens with one attached hydrogen (secondary N) is 1. The van der Waals surface area contributed by atoms with Gasteiger partial charge >= 0.3 is 5.97 Å². The first-order valence-electron chi connectivity index (χ1n) is 6.94. The third kappa shape index (κ3) is 4.37. The van der Waals surface area contributed by atoms with E-state index < -0.39 is 21.8 Å². The summed E-state index contributed by atoms with van der Waals surface area (Å²) in [5.41, 5.74) is 0.462. The molecular formula is C16H16FNO4S. The van der Waals surface area contributed by atoms with Gasteiger partial charge in [-0.15, -0.1) is 0 Å². The normalized spacial score (nSPS) is 11.2. The summed E-state index contributed by atoms with van der Waals surface area (Å²) in [5, 5.41) is 0. The molecule has 0 saturated carbocycles. The molecule has 0 radical (unpaired) electrons. The lowest BCUT2D eigenvalue weighted by atomic mass is 10.2. The van der Waals surface area contributed by atoms with E-state index in [9.17, 15) is 17.6 Å². The number of ether oxygens (including phenoxy) is 1. The quantitative estimate of drug-likeness (QED) is 0.822. The summed E-state index contributed by atoms with van der Waals surface area (Å²) >= 11 is 0. The molecule has 0 amide bonds. The summed E-state index contributed by atoms with van der Waals surface area (Å²) in [6.45, 7) is 1.75. The average molecular weight is 337 g/mol. The van der Waals surface area contributed by atoms with Crippen molar-refractivity contribution >= 4 is 16.0 Å². The molecule has 0 aromatic heterocycles. The van der Waals surface area contributed by atoms with E-state index in [0.29, 0.717) is 0 Å². The molecule has 0 aliphatic rings. The van der Waals surface area contributed by atoms with Gasteiger partial charge in [-0.2, -0.15) is 0 Å². The van der Waals surface area contributed by atoms with E-state index in [0.717, 1.165) is 0 Å². The van der Waals surface area contributed by atoms with Crippen LogP contribution in [0.15, 0.2) is 53.4 Å². The molecule has 0 bridgehead atoms. The lowest BCUT2D eigenvalue weighted by Crippen LogP contribution is -2.23. The Bertz CT molecular complexity index is 788. The molecule has 23 heavy (non-hydrogen) atoms. The van der Waals surface area contributed by atoms with Crippen molar-refractivity contribution in [1.29, 1.82) is 0 Å². The van der Waals surface area contributed by atoms with Crippen molar-refractivity contribution in [3.8, 4) is 0 Å². The molecule has 0 saturated heterocycles. The van der Waals surface area contributed by atoms with Crippen molar-refractivity contribution in [3.05, 3.63) is 65.5 Å². The molecule has 5 nitrogen and oxygen atoms in total. The number of carbonyl (C=O) groups is 1. The monoisotopic (exact) mass is 337 g/mol. The smallest absolute Gasteiger partial charge is 0.338 e. The summed E-state index contributed by atoms with van der Waals surface area (Å²) in [4.78, 5) is 12.0. The minimum absolute atomic E-state index is 0.0602. The third-order valence-corrected chi connectivity index (χ3v) is 4.61. The summed E-state index contributed by atoms with van der Waals surface area (Å²) in [6.07, 6.45) is 0. The van der Waals surface area contributed by atoms with Gasteiger partial charge in [0.2, 0.25) is 10.0 Å². The van der Waals surface area contributed by atoms with Gasteiger partial charge in [0.15, 0.2) is 0 Å². The van der Waals surface area contributed by atoms with Crippen molar-refractivity contribution in [2.45, 2.75) is 18.4 Å². The zero-order valence-corrected chi connectivity index (χ0v) is 13.3. The predicted octanol–water partition coefficient (Wildman–Crippen LogP) is 2.48. The summed E-state index contributed by atoms with van der Waals surface area (Å²) in [7, 11) is -3.57. The number of sulfonamides is 1. The maximum Gasteiger partial charge on any atom is 0.338 e. The third-order valence-electron chi connectivity index (χ3n) is 3.05. The highest BCUT2D eigenvalue weighted by molar-refractivity contribution is 7.89. The predicted molar refractivity (Wildman–Crippen MR) is 82.8 cm³/mol. The van der Waals surface area contributed by atoms with Crippen LogP contribution in [0.1, 0.15) is 22.8 Å². The van der Waals surface area contributed by atoms with Crippen LogP contribution < -0.4 is 4.72 Å². The van der Waals surface area contributed by atoms with Gasteiger partial charge in [0.25, 0.3) is 0 Å². The lowest BCUT2D eigenvalue weighted by molar-refractivity contribution is 0.0469. The fourth-order valence-electron chi connectivity index (χ4n) is 1.89. The summed E-state index contributed by atoms with van der Waals surface area (Å²) in [6, 6.07) is 11.3. The van der Waals surface area contributed by atoms with Crippen molar-refractivity contribution in [1.82, 2.24) is 4.72 Å². The van der Waals surface area contributed by atoms with Crippen molar-refractivity contribution < 1.29 is 22.3 Å². The number of benzene rings is 2. The highest BCUT2D eigenvalue weighted by Crippen LogP contribution is 2.13. The first-order chi connectivity index (χ1) is 10.9. The van der Waals surface area contributed by atoms with E-state index in [4.69, 9.17) is 4.74 Å². The van der Waals surface area contributed by atoms with Crippen LogP contribution in [0.5, 0.6) is 0 Å². The Morgan fingerprint density at radius 3 is 2.39 bits per heavy atom. The first kappa shape index (κ1) is 17.1. The molecule has 0 spiro atoms. The number of hydrogen-bond acceptors (Lipinski definition) is 4. The molecule has 1 N–H and O–H groups in total. The zero-order valence-electron chi connectivity index (χ0n) is 12.5. The first-order valence-corrected chi connectivity index (χ1v) is 8.42. The average Bonchev–Trinajstić information content (AvgIpc) is 2.54. The van der Waals surface area contributed by atoms with Crippen LogP contribution in [0, 0.1) is 5.82 Å². The maximum atomic E-state index is 13.4. The molecule has 0 unspecified atom stereocenters. The Morgan fingerprint density at radius 2 is 1.78 bits per heavy atom. The van der Waals surface area contributed by atoms with Crippen LogP contribution >= 0.6 is 0 Å². The summed E-state index contributed by atoms with van der Waals surface area (Å²) < 4.78 is 44.4. The van der Waals surface area contributed by atoms with Crippen molar-refractivity contribution in [2.24, 2.45) is 0 Å². The Hall–Kier alpha value is -2.25. The van der Waals surface area contributed by atoms with E-state index in [1.165, 1.54) is 36.4 Å². The zero-order chi connectivity index (χ0) is 16.9. The van der Waals surface area contributed by atoms with Gasteiger partial charge in [-0.25, -0.2) is 22.3 Å². The minimum atomic E-state index is -3.57. The van der Waals surface area contributed by atoms with E-state index in [-0.39, 0.29) is 29.2 Å². The van der Waals surface area contributed by atoms with Crippen LogP contribution in [0.25, 0.3) is 0 Å². The fraction of sp³-hybridized carbons (Fsp3) is 0.188. The number of halogens is 1. The minimum Gasteiger partial charge on any atom is -0.457 e. The summed E-state index contributed by atoms with van der Waals surface area (Å²) in [5.74, 6) is -1.10. The molecule has 0 atom stereocenters. The Labute approximate surface area is 134 Å². The number of hydrogen-bond donors (Lipinski definition) is 1. The van der Waals surface area contributed by atoms with Gasteiger partial charge in [0, 0.05) is 12.1 Å². The Morgan fingerprint density at radius 1 is 1.13 bits per heavy atom. The van der Waals surface area contributed by atoms with Crippen LogP contribution in [0.2, 0.25) is 0 Å². The molecule has 2 aromatic carbocycles. The highest BCUT2D eigenvalue weighted by Gasteiger charge is 2.14. The van der Waals surface area contributed by atoms with E-state index in [1.807, 2.05) is 0 Å². The van der Waals surface area contributed by atoms with Crippen LogP contribution in [0.3, 0.4) is 0 Å². The van der Waals surface area contributed by atoms with Gasteiger partial charge in [0.1, 0.15) is 12.4 Å². The van der Waals surface area contributed by atoms with Crippen molar-refractivity contribution in [3.63, 3.8) is 0 Å². The topological polar surface area (TPSA) is 72.5 Å². The maximum absolute atomic E-state index is 13.4. The molecule has 0 fully saturated rings. The standard InChI is InChI=1S/C16H16FNO4S/c1-2-18-23(20,21)14-9-7-12(8-10-14)16(19)22-11-13-5-3-4-6-15(13)17/h3-10,18H,2,11H2,1H3. The number of carbonyl (C=O) groups excluding carboxylic acids is 1. The van der Waals surface area contributed by atoms with E-state index >= 15 is 0 Å². The Kier molecular flexibility index (Phi) is 5.46. The largest absolute Gasteiger partial charge is 0.457 e. The van der Waals surface area contributed by atoms with E-state index in [1.54, 1.807) is 19.1 Å². The van der Waals surface area contributed by atoms with Crippen LogP contribution in [-0.2, 0) is 21.4 Å². The lowest BCUT2D eigenvalue weighted by Gasteiger charge is -2.07. The van der Waals surface area contributed by atoms with E-state index in [2.05, 4.69) is 4.72 Å². The highest BCUT2D eigenvalue weighted by atomic mass is 32.2. The fourth-order valence-corrected chi connectivity index (χ4v) is 2.93. The molecule has 0 heterocycles. The van der Waals surface area contributed by atoms with Crippen LogP contribution in [0.4, 0.5) is 4.39 Å². The van der Waals surface area contributed by atoms with Gasteiger partial charge < -0.3 is 4.74 Å². The van der Waals surface area contributed by atoms with Crippen molar-refractivity contribution in [2.75, 3.05) is 6.54 Å². The second-order valence-corrected chi connectivity index (χ2v) is 6.46. The Balaban J connectivity index is 2.05. The van der Waals surface area contributed by atoms with Gasteiger partial charge in [0.05, 0.1) is 10.5 Å². The molecule has 2 rings (SSSR count). The molecule has 0 aliphatic heterocycles. The molecule has 122 valence electrons. The molecular weight excluding hydrogens is 321 g/mol. The second-order valence-electron chi connectivity index (χ2n) is 4.69. The molecule has 2 aromatic rings. The van der Waals surface area contributed by atoms with Gasteiger partial charge in [-0.05, 0) is 30.3 Å².